The molecule has 0 spiro atoms. The number of hydrogen-bond donors (Lipinski definition) is 2. The maximum absolute atomic E-state index is 6.41. The zero-order valence-electron chi connectivity index (χ0n) is 10.1. The number of rotatable bonds is 4. The summed E-state index contributed by atoms with van der Waals surface area (Å²) in [5.74, 6) is 0. The molecular weight excluding hydrogens is 184 g/mol. The molecule has 0 aromatic heterocycles. The molecule has 2 nitrogen and oxygen atoms in total. The second-order valence-electron chi connectivity index (χ2n) is 6.01. The molecule has 0 saturated heterocycles. The molecule has 0 amide bonds. The predicted octanol–water partition coefficient (Wildman–Crippen LogP) is 2.57. The van der Waals surface area contributed by atoms with E-state index in [1.807, 2.05) is 0 Å². The summed E-state index contributed by atoms with van der Waals surface area (Å²) in [6.45, 7) is 3.47. The maximum atomic E-state index is 6.41. The summed E-state index contributed by atoms with van der Waals surface area (Å²) in [5.41, 5.74) is 7.02. The summed E-state index contributed by atoms with van der Waals surface area (Å²) in [4.78, 5) is 0. The van der Waals surface area contributed by atoms with Crippen molar-refractivity contribution in [1.29, 1.82) is 0 Å². The SMILES string of the molecule is CC1(NCCC2(N)CCCCC2)CCC1. The first kappa shape index (κ1) is 11.4. The van der Waals surface area contributed by atoms with Crippen molar-refractivity contribution in [3.05, 3.63) is 0 Å². The fourth-order valence-electron chi connectivity index (χ4n) is 3.00. The Morgan fingerprint density at radius 1 is 1.00 bits per heavy atom. The molecule has 0 unspecified atom stereocenters. The lowest BCUT2D eigenvalue weighted by molar-refractivity contribution is 0.192. The van der Waals surface area contributed by atoms with Crippen LogP contribution in [0.3, 0.4) is 0 Å². The van der Waals surface area contributed by atoms with E-state index >= 15 is 0 Å². The lowest BCUT2D eigenvalue weighted by Gasteiger charge is -2.41. The minimum atomic E-state index is 0.158. The first-order chi connectivity index (χ1) is 7.12. The summed E-state index contributed by atoms with van der Waals surface area (Å²) in [6.07, 6.45) is 11.8. The zero-order chi connectivity index (χ0) is 10.8. The highest BCUT2D eigenvalue weighted by atomic mass is 15.0. The van der Waals surface area contributed by atoms with Gasteiger partial charge in [0.1, 0.15) is 0 Å². The van der Waals surface area contributed by atoms with Crippen molar-refractivity contribution >= 4 is 0 Å². The molecule has 0 bridgehead atoms. The van der Waals surface area contributed by atoms with Gasteiger partial charge < -0.3 is 11.1 Å². The average molecular weight is 210 g/mol. The van der Waals surface area contributed by atoms with Gasteiger partial charge in [0.15, 0.2) is 0 Å². The van der Waals surface area contributed by atoms with Gasteiger partial charge >= 0.3 is 0 Å². The zero-order valence-corrected chi connectivity index (χ0v) is 10.1. The van der Waals surface area contributed by atoms with E-state index in [4.69, 9.17) is 5.73 Å². The van der Waals surface area contributed by atoms with Crippen LogP contribution in [0.5, 0.6) is 0 Å². The Labute approximate surface area is 94.0 Å². The average Bonchev–Trinajstić information content (AvgIpc) is 2.16. The van der Waals surface area contributed by atoms with Gasteiger partial charge in [-0.3, -0.25) is 0 Å². The van der Waals surface area contributed by atoms with Gasteiger partial charge in [-0.25, -0.2) is 0 Å². The first-order valence-electron chi connectivity index (χ1n) is 6.66. The van der Waals surface area contributed by atoms with Crippen molar-refractivity contribution in [1.82, 2.24) is 5.32 Å². The van der Waals surface area contributed by atoms with Crippen molar-refractivity contribution in [2.45, 2.75) is 75.8 Å². The molecule has 0 heterocycles. The van der Waals surface area contributed by atoms with Crippen LogP contribution in [0.1, 0.15) is 64.7 Å². The van der Waals surface area contributed by atoms with E-state index in [1.54, 1.807) is 0 Å². The molecule has 3 N–H and O–H groups in total. The van der Waals surface area contributed by atoms with Gasteiger partial charge in [0.05, 0.1) is 0 Å². The monoisotopic (exact) mass is 210 g/mol. The van der Waals surface area contributed by atoms with Crippen LogP contribution >= 0.6 is 0 Å². The fourth-order valence-corrected chi connectivity index (χ4v) is 3.00. The molecule has 2 rings (SSSR count). The van der Waals surface area contributed by atoms with E-state index in [2.05, 4.69) is 12.2 Å². The molecule has 2 fully saturated rings. The number of nitrogens with two attached hydrogens (primary N) is 1. The second-order valence-corrected chi connectivity index (χ2v) is 6.01. The van der Waals surface area contributed by atoms with Gasteiger partial charge in [0.25, 0.3) is 0 Å². The Bertz CT molecular complexity index is 203. The van der Waals surface area contributed by atoms with Crippen molar-refractivity contribution in [3.63, 3.8) is 0 Å². The molecule has 2 heteroatoms. The smallest absolute Gasteiger partial charge is 0.0166 e. The standard InChI is InChI=1S/C13H26N2/c1-12(6-5-7-12)15-11-10-13(14)8-3-2-4-9-13/h15H,2-11,14H2,1H3. The van der Waals surface area contributed by atoms with Gasteiger partial charge in [-0.2, -0.15) is 0 Å². The van der Waals surface area contributed by atoms with Crippen LogP contribution in [0.15, 0.2) is 0 Å². The van der Waals surface area contributed by atoms with Gasteiger partial charge in [0.2, 0.25) is 0 Å². The number of hydrogen-bond acceptors (Lipinski definition) is 2. The third-order valence-electron chi connectivity index (χ3n) is 4.48. The summed E-state index contributed by atoms with van der Waals surface area (Å²) in [7, 11) is 0. The fraction of sp³-hybridized carbons (Fsp3) is 1.00. The largest absolute Gasteiger partial charge is 0.325 e. The van der Waals surface area contributed by atoms with Gasteiger partial charge in [-0.15, -0.1) is 0 Å². The Morgan fingerprint density at radius 3 is 2.20 bits per heavy atom. The molecule has 0 aromatic rings. The van der Waals surface area contributed by atoms with E-state index < -0.39 is 0 Å². The maximum Gasteiger partial charge on any atom is 0.0166 e. The Kier molecular flexibility index (Phi) is 3.36. The van der Waals surface area contributed by atoms with Crippen LogP contribution in [0, 0.1) is 0 Å². The quantitative estimate of drug-likeness (QED) is 0.748. The topological polar surface area (TPSA) is 38.0 Å². The third-order valence-corrected chi connectivity index (χ3v) is 4.48. The molecule has 88 valence electrons. The van der Waals surface area contributed by atoms with Crippen LogP contribution in [0.25, 0.3) is 0 Å². The molecule has 0 atom stereocenters. The minimum absolute atomic E-state index is 0.158. The van der Waals surface area contributed by atoms with Crippen molar-refractivity contribution in [2.75, 3.05) is 6.54 Å². The van der Waals surface area contributed by atoms with E-state index in [0.717, 1.165) is 6.54 Å². The van der Waals surface area contributed by atoms with Gasteiger partial charge in [-0.1, -0.05) is 19.3 Å². The Hall–Kier alpha value is -0.0800. The molecular formula is C13H26N2. The van der Waals surface area contributed by atoms with E-state index in [-0.39, 0.29) is 5.54 Å². The van der Waals surface area contributed by atoms with Crippen LogP contribution in [0.4, 0.5) is 0 Å². The van der Waals surface area contributed by atoms with E-state index in [9.17, 15) is 0 Å². The van der Waals surface area contributed by atoms with Crippen LogP contribution in [0.2, 0.25) is 0 Å². The van der Waals surface area contributed by atoms with E-state index in [1.165, 1.54) is 57.8 Å². The summed E-state index contributed by atoms with van der Waals surface area (Å²) < 4.78 is 0. The highest BCUT2D eigenvalue weighted by molar-refractivity contribution is 4.93. The second kappa shape index (κ2) is 4.42. The Balaban J connectivity index is 1.67. The highest BCUT2D eigenvalue weighted by Gasteiger charge is 2.32. The van der Waals surface area contributed by atoms with Crippen molar-refractivity contribution < 1.29 is 0 Å². The van der Waals surface area contributed by atoms with Gasteiger partial charge in [-0.05, 0) is 52.0 Å². The normalized spacial score (nSPS) is 28.4. The van der Waals surface area contributed by atoms with Crippen LogP contribution in [-0.2, 0) is 0 Å². The molecule has 2 aliphatic rings. The molecule has 15 heavy (non-hydrogen) atoms. The minimum Gasteiger partial charge on any atom is -0.325 e. The van der Waals surface area contributed by atoms with Gasteiger partial charge in [0, 0.05) is 11.1 Å². The predicted molar refractivity (Wildman–Crippen MR) is 64.9 cm³/mol. The van der Waals surface area contributed by atoms with E-state index in [0.29, 0.717) is 5.54 Å². The Morgan fingerprint density at radius 2 is 1.67 bits per heavy atom. The summed E-state index contributed by atoms with van der Waals surface area (Å²) in [6, 6.07) is 0. The number of nitrogens with one attached hydrogen (secondary N) is 1. The first-order valence-corrected chi connectivity index (χ1v) is 6.66. The summed E-state index contributed by atoms with van der Waals surface area (Å²) >= 11 is 0. The van der Waals surface area contributed by atoms with Crippen LogP contribution < -0.4 is 11.1 Å². The molecule has 2 saturated carbocycles. The third kappa shape index (κ3) is 2.94. The molecule has 0 aliphatic heterocycles. The molecule has 2 aliphatic carbocycles. The van der Waals surface area contributed by atoms with Crippen molar-refractivity contribution in [2.24, 2.45) is 5.73 Å². The van der Waals surface area contributed by atoms with Crippen LogP contribution in [-0.4, -0.2) is 17.6 Å². The lowest BCUT2D eigenvalue weighted by atomic mass is 9.77. The molecule has 0 radical (unpaired) electrons. The highest BCUT2D eigenvalue weighted by Crippen LogP contribution is 2.32. The van der Waals surface area contributed by atoms with Crippen molar-refractivity contribution in [3.8, 4) is 0 Å². The lowest BCUT2D eigenvalue weighted by Crippen LogP contribution is -2.51. The summed E-state index contributed by atoms with van der Waals surface area (Å²) in [5, 5.41) is 3.69. The molecule has 0 aromatic carbocycles.